The number of benzene rings is 2. The Hall–Kier alpha value is -2.29. The minimum Gasteiger partial charge on any atom is -0.478 e. The van der Waals surface area contributed by atoms with Gasteiger partial charge in [0.1, 0.15) is 5.75 Å². The SMILES string of the molecule is Cc1cccc(CC(Oc2cc(C)cc(C)c2C)C(=O)O)c1. The molecule has 1 unspecified atom stereocenters. The van der Waals surface area contributed by atoms with Crippen molar-refractivity contribution in [1.82, 2.24) is 0 Å². The van der Waals surface area contributed by atoms with Crippen LogP contribution in [0.25, 0.3) is 0 Å². The van der Waals surface area contributed by atoms with Crippen molar-refractivity contribution in [3.8, 4) is 5.75 Å². The smallest absolute Gasteiger partial charge is 0.345 e. The van der Waals surface area contributed by atoms with Gasteiger partial charge in [0, 0.05) is 6.42 Å². The second-order valence-corrected chi connectivity index (χ2v) is 5.84. The number of aryl methyl sites for hydroxylation is 3. The molecule has 0 radical (unpaired) electrons. The van der Waals surface area contributed by atoms with Crippen molar-refractivity contribution < 1.29 is 14.6 Å². The predicted molar refractivity (Wildman–Crippen MR) is 87.6 cm³/mol. The Balaban J connectivity index is 2.25. The second-order valence-electron chi connectivity index (χ2n) is 5.84. The van der Waals surface area contributed by atoms with E-state index >= 15 is 0 Å². The summed E-state index contributed by atoms with van der Waals surface area (Å²) in [4.78, 5) is 11.5. The summed E-state index contributed by atoms with van der Waals surface area (Å²) in [6.45, 7) is 7.94. The minimum atomic E-state index is -0.944. The van der Waals surface area contributed by atoms with Gasteiger partial charge in [-0.3, -0.25) is 0 Å². The van der Waals surface area contributed by atoms with Gasteiger partial charge in [-0.2, -0.15) is 0 Å². The first-order chi connectivity index (χ1) is 10.4. The van der Waals surface area contributed by atoms with Crippen LogP contribution in [0.15, 0.2) is 36.4 Å². The van der Waals surface area contributed by atoms with Gasteiger partial charge in [0.2, 0.25) is 0 Å². The van der Waals surface area contributed by atoms with E-state index in [4.69, 9.17) is 4.74 Å². The zero-order chi connectivity index (χ0) is 16.3. The molecule has 0 saturated carbocycles. The molecule has 22 heavy (non-hydrogen) atoms. The van der Waals surface area contributed by atoms with Crippen molar-refractivity contribution in [2.75, 3.05) is 0 Å². The monoisotopic (exact) mass is 298 g/mol. The van der Waals surface area contributed by atoms with E-state index < -0.39 is 12.1 Å². The number of hydrogen-bond donors (Lipinski definition) is 1. The molecule has 0 bridgehead atoms. The molecule has 0 saturated heterocycles. The molecule has 0 fully saturated rings. The highest BCUT2D eigenvalue weighted by molar-refractivity contribution is 5.73. The van der Waals surface area contributed by atoms with Gasteiger partial charge in [0.25, 0.3) is 0 Å². The van der Waals surface area contributed by atoms with Crippen LogP contribution in [0.4, 0.5) is 0 Å². The fraction of sp³-hybridized carbons (Fsp3) is 0.316. The Bertz CT molecular complexity index is 689. The van der Waals surface area contributed by atoms with Gasteiger partial charge < -0.3 is 9.84 Å². The summed E-state index contributed by atoms with van der Waals surface area (Å²) < 4.78 is 5.81. The number of carbonyl (C=O) groups is 1. The Morgan fingerprint density at radius 2 is 1.82 bits per heavy atom. The zero-order valence-corrected chi connectivity index (χ0v) is 13.5. The number of ether oxygens (including phenoxy) is 1. The number of carboxylic acids is 1. The van der Waals surface area contributed by atoms with E-state index in [1.54, 1.807) is 0 Å². The Labute approximate surface area is 131 Å². The maximum atomic E-state index is 11.5. The number of rotatable bonds is 5. The summed E-state index contributed by atoms with van der Waals surface area (Å²) in [6.07, 6.45) is -0.537. The van der Waals surface area contributed by atoms with E-state index in [1.807, 2.05) is 58.0 Å². The lowest BCUT2D eigenvalue weighted by Gasteiger charge is -2.18. The van der Waals surface area contributed by atoms with Crippen LogP contribution in [0, 0.1) is 27.7 Å². The first-order valence-electron chi connectivity index (χ1n) is 7.39. The fourth-order valence-electron chi connectivity index (χ4n) is 2.51. The van der Waals surface area contributed by atoms with E-state index in [-0.39, 0.29) is 0 Å². The topological polar surface area (TPSA) is 46.5 Å². The molecule has 0 aromatic heterocycles. The third kappa shape index (κ3) is 3.88. The normalized spacial score (nSPS) is 12.0. The number of aliphatic carboxylic acids is 1. The molecule has 2 rings (SSSR count). The van der Waals surface area contributed by atoms with E-state index in [9.17, 15) is 9.90 Å². The molecule has 0 aliphatic heterocycles. The van der Waals surface area contributed by atoms with Crippen LogP contribution in [0.2, 0.25) is 0 Å². The van der Waals surface area contributed by atoms with Crippen molar-refractivity contribution in [3.63, 3.8) is 0 Å². The molecule has 1 N–H and O–H groups in total. The quantitative estimate of drug-likeness (QED) is 0.907. The Morgan fingerprint density at radius 3 is 2.45 bits per heavy atom. The summed E-state index contributed by atoms with van der Waals surface area (Å²) in [7, 11) is 0. The van der Waals surface area contributed by atoms with Crippen molar-refractivity contribution >= 4 is 5.97 Å². The average Bonchev–Trinajstić information content (AvgIpc) is 2.43. The van der Waals surface area contributed by atoms with Crippen LogP contribution < -0.4 is 4.74 Å². The maximum Gasteiger partial charge on any atom is 0.345 e. The van der Waals surface area contributed by atoms with Crippen molar-refractivity contribution in [2.45, 2.75) is 40.2 Å². The minimum absolute atomic E-state index is 0.351. The molecule has 0 spiro atoms. The number of hydrogen-bond acceptors (Lipinski definition) is 2. The van der Waals surface area contributed by atoms with Gasteiger partial charge >= 0.3 is 5.97 Å². The van der Waals surface area contributed by atoms with Gasteiger partial charge in [-0.25, -0.2) is 4.79 Å². The van der Waals surface area contributed by atoms with Gasteiger partial charge in [-0.1, -0.05) is 35.9 Å². The molecule has 3 nitrogen and oxygen atoms in total. The fourth-order valence-corrected chi connectivity index (χ4v) is 2.51. The highest BCUT2D eigenvalue weighted by atomic mass is 16.5. The summed E-state index contributed by atoms with van der Waals surface area (Å²) in [6, 6.07) is 11.8. The molecular formula is C19H22O3. The van der Waals surface area contributed by atoms with Crippen molar-refractivity contribution in [3.05, 3.63) is 64.2 Å². The van der Waals surface area contributed by atoms with Gasteiger partial charge in [-0.05, 0) is 56.0 Å². The van der Waals surface area contributed by atoms with Crippen LogP contribution in [0.5, 0.6) is 5.75 Å². The lowest BCUT2D eigenvalue weighted by molar-refractivity contribution is -0.145. The van der Waals surface area contributed by atoms with Crippen LogP contribution in [0.3, 0.4) is 0 Å². The van der Waals surface area contributed by atoms with Crippen LogP contribution in [-0.2, 0) is 11.2 Å². The Kier molecular flexibility index (Phi) is 4.86. The lowest BCUT2D eigenvalue weighted by atomic mass is 10.0. The predicted octanol–water partition coefficient (Wildman–Crippen LogP) is 3.99. The molecular weight excluding hydrogens is 276 g/mol. The zero-order valence-electron chi connectivity index (χ0n) is 13.5. The third-order valence-corrected chi connectivity index (χ3v) is 3.81. The van der Waals surface area contributed by atoms with Gasteiger partial charge in [0.05, 0.1) is 0 Å². The lowest BCUT2D eigenvalue weighted by Crippen LogP contribution is -2.29. The molecule has 0 aliphatic carbocycles. The molecule has 1 atom stereocenters. The Morgan fingerprint density at radius 1 is 1.09 bits per heavy atom. The van der Waals surface area contributed by atoms with E-state index in [2.05, 4.69) is 6.07 Å². The largest absolute Gasteiger partial charge is 0.478 e. The summed E-state index contributed by atoms with van der Waals surface area (Å²) in [5.41, 5.74) is 5.24. The molecule has 2 aromatic carbocycles. The van der Waals surface area contributed by atoms with E-state index in [1.165, 1.54) is 0 Å². The second kappa shape index (κ2) is 6.65. The van der Waals surface area contributed by atoms with Crippen molar-refractivity contribution in [1.29, 1.82) is 0 Å². The van der Waals surface area contributed by atoms with E-state index in [0.717, 1.165) is 27.8 Å². The van der Waals surface area contributed by atoms with Gasteiger partial charge in [-0.15, -0.1) is 0 Å². The van der Waals surface area contributed by atoms with Gasteiger partial charge in [0.15, 0.2) is 6.10 Å². The molecule has 0 amide bonds. The van der Waals surface area contributed by atoms with Crippen LogP contribution >= 0.6 is 0 Å². The first kappa shape index (κ1) is 16.1. The summed E-state index contributed by atoms with van der Waals surface area (Å²) in [5.74, 6) is -0.294. The molecule has 0 aliphatic rings. The standard InChI is InChI=1S/C19H22O3/c1-12-6-5-7-16(9-12)11-18(19(20)21)22-17-10-13(2)8-14(3)15(17)4/h5-10,18H,11H2,1-4H3,(H,20,21). The third-order valence-electron chi connectivity index (χ3n) is 3.81. The molecule has 3 heteroatoms. The molecule has 2 aromatic rings. The molecule has 116 valence electrons. The maximum absolute atomic E-state index is 11.5. The highest BCUT2D eigenvalue weighted by Crippen LogP contribution is 2.25. The molecule has 0 heterocycles. The summed E-state index contributed by atoms with van der Waals surface area (Å²) >= 11 is 0. The van der Waals surface area contributed by atoms with Crippen LogP contribution in [-0.4, -0.2) is 17.2 Å². The average molecular weight is 298 g/mol. The summed E-state index contributed by atoms with van der Waals surface area (Å²) in [5, 5.41) is 9.47. The first-order valence-corrected chi connectivity index (χ1v) is 7.39. The highest BCUT2D eigenvalue weighted by Gasteiger charge is 2.21. The van der Waals surface area contributed by atoms with E-state index in [0.29, 0.717) is 12.2 Å². The van der Waals surface area contributed by atoms with Crippen LogP contribution in [0.1, 0.15) is 27.8 Å². The van der Waals surface area contributed by atoms with Crippen molar-refractivity contribution in [2.24, 2.45) is 0 Å². The number of carboxylic acid groups (broad SMARTS) is 1.